The molecule has 0 aliphatic carbocycles. The smallest absolute Gasteiger partial charge is 0.201 e. The first-order valence-corrected chi connectivity index (χ1v) is 8.11. The SMILES string of the molecule is COc1ccc2c(c1)nnn2-c1ccc(CN[SH](=O)=O)cc1C#N. The molecule has 2 aromatic carbocycles. The Labute approximate surface area is 139 Å². The molecule has 0 saturated carbocycles. The quantitative estimate of drug-likeness (QED) is 0.667. The molecular weight excluding hydrogens is 330 g/mol. The van der Waals surface area contributed by atoms with Gasteiger partial charge in [0.25, 0.3) is 0 Å². The number of thiol groups is 1. The Morgan fingerprint density at radius 3 is 2.83 bits per heavy atom. The fourth-order valence-electron chi connectivity index (χ4n) is 2.33. The second-order valence-electron chi connectivity index (χ2n) is 4.91. The summed E-state index contributed by atoms with van der Waals surface area (Å²) in [5.74, 6) is 0.670. The lowest BCUT2D eigenvalue weighted by molar-refractivity contribution is 0.415. The molecule has 9 heteroatoms. The van der Waals surface area contributed by atoms with Crippen LogP contribution in [0.25, 0.3) is 16.7 Å². The van der Waals surface area contributed by atoms with Crippen molar-refractivity contribution >= 4 is 21.9 Å². The zero-order valence-corrected chi connectivity index (χ0v) is 13.5. The van der Waals surface area contributed by atoms with Crippen molar-refractivity contribution < 1.29 is 13.2 Å². The Morgan fingerprint density at radius 2 is 2.12 bits per heavy atom. The van der Waals surface area contributed by atoms with Crippen LogP contribution in [0, 0.1) is 11.3 Å². The van der Waals surface area contributed by atoms with Crippen molar-refractivity contribution in [3.05, 3.63) is 47.5 Å². The number of benzene rings is 2. The maximum atomic E-state index is 10.6. The van der Waals surface area contributed by atoms with Crippen LogP contribution in [-0.4, -0.2) is 30.5 Å². The average Bonchev–Trinajstić information content (AvgIpc) is 3.02. The van der Waals surface area contributed by atoms with Crippen molar-refractivity contribution in [1.82, 2.24) is 19.7 Å². The molecule has 0 aliphatic rings. The first kappa shape index (κ1) is 15.9. The van der Waals surface area contributed by atoms with E-state index in [1.54, 1.807) is 42.1 Å². The minimum absolute atomic E-state index is 0.128. The number of hydrogen-bond acceptors (Lipinski definition) is 6. The van der Waals surface area contributed by atoms with Crippen LogP contribution in [0.4, 0.5) is 0 Å². The van der Waals surface area contributed by atoms with Crippen LogP contribution in [0.3, 0.4) is 0 Å². The number of nitrogens with zero attached hydrogens (tertiary/aromatic N) is 4. The van der Waals surface area contributed by atoms with Crippen LogP contribution < -0.4 is 9.46 Å². The molecule has 24 heavy (non-hydrogen) atoms. The van der Waals surface area contributed by atoms with Gasteiger partial charge in [0, 0.05) is 12.6 Å². The Morgan fingerprint density at radius 1 is 1.29 bits per heavy atom. The molecule has 1 heterocycles. The predicted molar refractivity (Wildman–Crippen MR) is 87.3 cm³/mol. The number of nitriles is 1. The monoisotopic (exact) mass is 343 g/mol. The summed E-state index contributed by atoms with van der Waals surface area (Å²) >= 11 is 0. The molecule has 0 bridgehead atoms. The van der Waals surface area contributed by atoms with Gasteiger partial charge in [-0.1, -0.05) is 11.3 Å². The van der Waals surface area contributed by atoms with Crippen molar-refractivity contribution in [3.63, 3.8) is 0 Å². The van der Waals surface area contributed by atoms with Crippen LogP contribution in [0.2, 0.25) is 0 Å². The largest absolute Gasteiger partial charge is 0.497 e. The van der Waals surface area contributed by atoms with E-state index in [9.17, 15) is 13.7 Å². The summed E-state index contributed by atoms with van der Waals surface area (Å²) in [4.78, 5) is 0. The highest BCUT2D eigenvalue weighted by atomic mass is 32.2. The third kappa shape index (κ3) is 3.05. The zero-order chi connectivity index (χ0) is 17.1. The molecule has 0 radical (unpaired) electrons. The van der Waals surface area contributed by atoms with Gasteiger partial charge >= 0.3 is 0 Å². The van der Waals surface area contributed by atoms with Gasteiger partial charge < -0.3 is 4.74 Å². The van der Waals surface area contributed by atoms with Crippen molar-refractivity contribution in [2.24, 2.45) is 0 Å². The van der Waals surface area contributed by atoms with E-state index in [-0.39, 0.29) is 6.54 Å². The van der Waals surface area contributed by atoms with Gasteiger partial charge in [0.2, 0.25) is 10.9 Å². The second kappa shape index (κ2) is 6.66. The average molecular weight is 343 g/mol. The first-order chi connectivity index (χ1) is 11.6. The van der Waals surface area contributed by atoms with Crippen LogP contribution in [-0.2, 0) is 17.4 Å². The molecule has 0 amide bonds. The fourth-order valence-corrected chi connectivity index (χ4v) is 2.64. The van der Waals surface area contributed by atoms with E-state index in [1.807, 2.05) is 6.07 Å². The van der Waals surface area contributed by atoms with Gasteiger partial charge in [-0.15, -0.1) is 5.10 Å². The summed E-state index contributed by atoms with van der Waals surface area (Å²) in [6, 6.07) is 12.5. The van der Waals surface area contributed by atoms with Crippen molar-refractivity contribution in [2.75, 3.05) is 7.11 Å². The van der Waals surface area contributed by atoms with Crippen molar-refractivity contribution in [3.8, 4) is 17.5 Å². The van der Waals surface area contributed by atoms with Crippen molar-refractivity contribution in [2.45, 2.75) is 6.54 Å². The highest BCUT2D eigenvalue weighted by Gasteiger charge is 2.12. The summed E-state index contributed by atoms with van der Waals surface area (Å²) < 4.78 is 30.2. The molecule has 3 aromatic rings. The third-order valence-corrected chi connectivity index (χ3v) is 3.89. The molecule has 0 atom stereocenters. The highest BCUT2D eigenvalue weighted by molar-refractivity contribution is 7.70. The summed E-state index contributed by atoms with van der Waals surface area (Å²) in [5.41, 5.74) is 3.01. The molecule has 0 aliphatic heterocycles. The zero-order valence-electron chi connectivity index (χ0n) is 12.6. The van der Waals surface area contributed by atoms with Crippen LogP contribution in [0.5, 0.6) is 5.75 Å². The van der Waals surface area contributed by atoms with E-state index < -0.39 is 10.9 Å². The molecule has 0 unspecified atom stereocenters. The van der Waals surface area contributed by atoms with Crippen LogP contribution in [0.15, 0.2) is 36.4 Å². The van der Waals surface area contributed by atoms with Gasteiger partial charge in [-0.3, -0.25) is 0 Å². The van der Waals surface area contributed by atoms with Gasteiger partial charge in [0.15, 0.2) is 0 Å². The molecule has 8 nitrogen and oxygen atoms in total. The Balaban J connectivity index is 2.04. The normalized spacial score (nSPS) is 10.9. The fraction of sp³-hybridized carbons (Fsp3) is 0.133. The van der Waals surface area contributed by atoms with E-state index in [2.05, 4.69) is 21.1 Å². The third-order valence-electron chi connectivity index (χ3n) is 3.47. The number of rotatable bonds is 5. The lowest BCUT2D eigenvalue weighted by Crippen LogP contribution is -2.11. The Kier molecular flexibility index (Phi) is 4.41. The summed E-state index contributed by atoms with van der Waals surface area (Å²) in [6.07, 6.45) is 0. The molecular formula is C15H13N5O3S. The highest BCUT2D eigenvalue weighted by Crippen LogP contribution is 2.23. The lowest BCUT2D eigenvalue weighted by atomic mass is 10.1. The number of methoxy groups -OCH3 is 1. The van der Waals surface area contributed by atoms with Gasteiger partial charge in [-0.2, -0.15) is 5.26 Å². The molecule has 0 spiro atoms. The number of aromatic nitrogens is 3. The minimum atomic E-state index is -2.68. The molecule has 1 aromatic heterocycles. The van der Waals surface area contributed by atoms with Gasteiger partial charge in [-0.25, -0.2) is 17.8 Å². The molecule has 0 saturated heterocycles. The van der Waals surface area contributed by atoms with Crippen LogP contribution in [0.1, 0.15) is 11.1 Å². The molecule has 122 valence electrons. The minimum Gasteiger partial charge on any atom is -0.497 e. The van der Waals surface area contributed by atoms with Gasteiger partial charge in [-0.05, 0) is 29.8 Å². The molecule has 0 fully saturated rings. The number of fused-ring (bicyclic) bond motifs is 1. The summed E-state index contributed by atoms with van der Waals surface area (Å²) in [6.45, 7) is 0.128. The maximum absolute atomic E-state index is 10.6. The summed E-state index contributed by atoms with van der Waals surface area (Å²) in [7, 11) is -1.11. The van der Waals surface area contributed by atoms with Gasteiger partial charge in [0.1, 0.15) is 17.3 Å². The van der Waals surface area contributed by atoms with E-state index in [0.717, 1.165) is 5.52 Å². The number of nitrogens with one attached hydrogen (secondary N) is 1. The van der Waals surface area contributed by atoms with E-state index >= 15 is 0 Å². The first-order valence-electron chi connectivity index (χ1n) is 6.93. The Hall–Kier alpha value is -2.96. The van der Waals surface area contributed by atoms with E-state index in [4.69, 9.17) is 4.74 Å². The van der Waals surface area contributed by atoms with E-state index in [0.29, 0.717) is 28.1 Å². The topological polar surface area (TPSA) is 110 Å². The standard InChI is InChI=1S/C15H13N5O3S/c1-23-12-3-5-15-13(7-12)18-19-20(15)14-4-2-10(6-11(14)8-16)9-17-24(21)22/h2-7,24H,9H2,1H3,(H,17,21,22). The van der Waals surface area contributed by atoms with E-state index in [1.165, 1.54) is 0 Å². The molecule has 3 rings (SSSR count). The maximum Gasteiger partial charge on any atom is 0.201 e. The Bertz CT molecular complexity index is 1010. The number of ether oxygens (including phenoxy) is 1. The molecule has 1 N–H and O–H groups in total. The van der Waals surface area contributed by atoms with Gasteiger partial charge in [0.05, 0.1) is 23.9 Å². The lowest BCUT2D eigenvalue weighted by Gasteiger charge is -2.07. The van der Waals surface area contributed by atoms with Crippen LogP contribution >= 0.6 is 0 Å². The summed E-state index contributed by atoms with van der Waals surface area (Å²) in [5, 5.41) is 17.6. The number of hydrogen-bond donors (Lipinski definition) is 2. The second-order valence-corrected chi connectivity index (χ2v) is 5.74. The predicted octanol–water partition coefficient (Wildman–Crippen LogP) is 0.917. The van der Waals surface area contributed by atoms with Crippen molar-refractivity contribution in [1.29, 1.82) is 5.26 Å².